The minimum Gasteiger partial charge on any atom is -0.480 e. The number of aliphatic carboxylic acids is 1. The van der Waals surface area contributed by atoms with E-state index in [0.29, 0.717) is 45.2 Å². The fourth-order valence-corrected chi connectivity index (χ4v) is 3.66. The van der Waals surface area contributed by atoms with Crippen molar-refractivity contribution >= 4 is 35.6 Å². The van der Waals surface area contributed by atoms with E-state index in [4.69, 9.17) is 28.1 Å². The van der Waals surface area contributed by atoms with E-state index in [1.807, 2.05) is 0 Å². The van der Waals surface area contributed by atoms with Gasteiger partial charge in [-0.05, 0) is 70.1 Å². The van der Waals surface area contributed by atoms with Crippen molar-refractivity contribution in [1.29, 1.82) is 5.41 Å². The average Bonchev–Trinajstić information content (AvgIpc) is 2.94. The number of hydrogen-bond acceptors (Lipinski definition) is 9. The number of amides is 4. The Morgan fingerprint density at radius 2 is 1.38 bits per heavy atom. The summed E-state index contributed by atoms with van der Waals surface area (Å²) in [6.07, 6.45) is 2.52. The second-order valence-electron chi connectivity index (χ2n) is 9.38. The van der Waals surface area contributed by atoms with Crippen molar-refractivity contribution in [2.45, 2.75) is 82.5 Å². The third-order valence-electron chi connectivity index (χ3n) is 5.92. The second kappa shape index (κ2) is 22.4. The van der Waals surface area contributed by atoms with Gasteiger partial charge in [0.25, 0.3) is 0 Å². The third kappa shape index (κ3) is 17.4. The van der Waals surface area contributed by atoms with E-state index in [9.17, 15) is 29.1 Å². The lowest BCUT2D eigenvalue weighted by atomic mass is 10.0. The summed E-state index contributed by atoms with van der Waals surface area (Å²) in [5.74, 6) is -4.20. The first-order valence-corrected chi connectivity index (χ1v) is 13.6. The van der Waals surface area contributed by atoms with E-state index in [0.717, 1.165) is 0 Å². The molecule has 0 rings (SSSR count). The monoisotopic (exact) mass is 599 g/mol. The molecule has 0 aromatic heterocycles. The summed E-state index contributed by atoms with van der Waals surface area (Å²) >= 11 is 0. The van der Waals surface area contributed by atoms with Gasteiger partial charge in [-0.1, -0.05) is 0 Å². The van der Waals surface area contributed by atoms with Crippen LogP contribution >= 0.6 is 0 Å². The number of nitrogens with one attached hydrogen (secondary N) is 7. The molecule has 238 valence electrons. The van der Waals surface area contributed by atoms with Crippen LogP contribution in [0.5, 0.6) is 0 Å². The molecule has 19 nitrogen and oxygen atoms in total. The fraction of sp³-hybridized carbons (Fsp3) is 0.739. The fourth-order valence-electron chi connectivity index (χ4n) is 3.66. The van der Waals surface area contributed by atoms with E-state index < -0.39 is 53.8 Å². The van der Waals surface area contributed by atoms with Gasteiger partial charge in [0.1, 0.15) is 24.2 Å². The topological polar surface area (TPSA) is 328 Å². The summed E-state index contributed by atoms with van der Waals surface area (Å²) < 4.78 is 0. The number of guanidine groups is 1. The zero-order valence-corrected chi connectivity index (χ0v) is 23.9. The van der Waals surface area contributed by atoms with Crippen molar-refractivity contribution < 1.29 is 29.1 Å². The number of unbranched alkanes of at least 4 members (excludes halogenated alkanes) is 2. The molecule has 0 radical (unpaired) electrons. The smallest absolute Gasteiger partial charge is 0.326 e. The minimum absolute atomic E-state index is 0.0800. The zero-order chi connectivity index (χ0) is 31.9. The number of rotatable bonds is 23. The van der Waals surface area contributed by atoms with Crippen LogP contribution in [0.25, 0.3) is 10.4 Å². The molecule has 0 saturated carbocycles. The number of carbonyl (C=O) groups excluding carboxylic acids is 4. The molecule has 19 heteroatoms. The van der Waals surface area contributed by atoms with Crippen LogP contribution in [0.1, 0.15) is 58.3 Å². The molecule has 0 bridgehead atoms. The number of azide groups is 1. The number of nitrogens with two attached hydrogens (primary N) is 3. The summed E-state index contributed by atoms with van der Waals surface area (Å²) in [5, 5.41) is 32.6. The lowest BCUT2D eigenvalue weighted by Gasteiger charge is -2.25. The lowest BCUT2D eigenvalue weighted by Crippen LogP contribution is -2.57. The lowest BCUT2D eigenvalue weighted by molar-refractivity contribution is -0.142. The summed E-state index contributed by atoms with van der Waals surface area (Å²) in [6.45, 7) is 1.97. The molecule has 0 fully saturated rings. The van der Waals surface area contributed by atoms with Crippen molar-refractivity contribution in [3.63, 3.8) is 0 Å². The first-order chi connectivity index (χ1) is 20.0. The maximum Gasteiger partial charge on any atom is 0.326 e. The van der Waals surface area contributed by atoms with Gasteiger partial charge in [-0.15, -0.1) is 5.53 Å². The van der Waals surface area contributed by atoms with Gasteiger partial charge in [0.05, 0.1) is 13.1 Å². The summed E-state index contributed by atoms with van der Waals surface area (Å²) in [4.78, 5) is 65.1. The van der Waals surface area contributed by atoms with Gasteiger partial charge in [0.15, 0.2) is 5.96 Å². The molecule has 4 amide bonds. The van der Waals surface area contributed by atoms with Gasteiger partial charge in [0, 0.05) is 6.54 Å². The van der Waals surface area contributed by atoms with Crippen LogP contribution in [-0.2, 0) is 24.0 Å². The second-order valence-corrected chi connectivity index (χ2v) is 9.38. The molecule has 0 spiro atoms. The number of carboxylic acids is 1. The van der Waals surface area contributed by atoms with Crippen LogP contribution < -0.4 is 49.2 Å². The highest BCUT2D eigenvalue weighted by Crippen LogP contribution is 2.07. The van der Waals surface area contributed by atoms with Gasteiger partial charge in [-0.2, -0.15) is 4.91 Å². The first-order valence-electron chi connectivity index (χ1n) is 13.6. The van der Waals surface area contributed by atoms with Crippen LogP contribution in [0, 0.1) is 5.41 Å². The summed E-state index contributed by atoms with van der Waals surface area (Å²) in [5.41, 5.74) is 26.9. The standard InChI is InChI=1S/C23H45N13O6/c1-14(31-18(37)13-25)19(38)32-16(9-6-11-29-23(26)27)20(39)33-15(7-3-5-12-30-36-35-28)21(40)34-17(22(41)42)8-2-4-10-24/h14-17,30H,2-13,24-25H2,1H3,(H,31,37)(H,32,38)(H,33,39)(H,34,40)(H,41,42)(H4,26,27,29)/t14-,15-,16-,17-/m0/s1. The van der Waals surface area contributed by atoms with Crippen LogP contribution in [0.2, 0.25) is 0 Å². The SMILES string of the molecule is C[C@H](NC(=O)CN)C(=O)N[C@@H](CCCNC(=N)N)C(=O)N[C@@H](CCCCNN=[N+]=[N-])C(=O)N[C@@H](CCCCN)C(=O)O. The Kier molecular flexibility index (Phi) is 20.0. The summed E-state index contributed by atoms with van der Waals surface area (Å²) in [7, 11) is 0. The van der Waals surface area contributed by atoms with E-state index >= 15 is 0 Å². The molecule has 0 aliphatic carbocycles. The van der Waals surface area contributed by atoms with E-state index in [2.05, 4.69) is 42.1 Å². The first kappa shape index (κ1) is 37.6. The molecular weight excluding hydrogens is 554 g/mol. The van der Waals surface area contributed by atoms with Crippen LogP contribution in [-0.4, -0.2) is 91.0 Å². The molecule has 0 heterocycles. The van der Waals surface area contributed by atoms with Crippen LogP contribution in [0.3, 0.4) is 0 Å². The average molecular weight is 600 g/mol. The minimum atomic E-state index is -1.24. The highest BCUT2D eigenvalue weighted by atomic mass is 16.4. The Morgan fingerprint density at radius 3 is 1.93 bits per heavy atom. The largest absolute Gasteiger partial charge is 0.480 e. The van der Waals surface area contributed by atoms with Gasteiger partial charge in [-0.25, -0.2) is 4.79 Å². The molecule has 0 aliphatic heterocycles. The number of hydrogen-bond donors (Lipinski definition) is 11. The van der Waals surface area contributed by atoms with Crippen molar-refractivity contribution in [2.75, 3.05) is 26.2 Å². The van der Waals surface area contributed by atoms with Crippen molar-refractivity contribution in [3.05, 3.63) is 10.4 Å². The van der Waals surface area contributed by atoms with E-state index in [1.165, 1.54) is 6.92 Å². The number of carbonyl (C=O) groups is 5. The molecule has 4 atom stereocenters. The Balaban J connectivity index is 5.72. The van der Waals surface area contributed by atoms with Gasteiger partial charge >= 0.3 is 5.97 Å². The van der Waals surface area contributed by atoms with E-state index in [1.54, 1.807) is 0 Å². The van der Waals surface area contributed by atoms with Gasteiger partial charge in [0.2, 0.25) is 23.6 Å². The third-order valence-corrected chi connectivity index (χ3v) is 5.92. The predicted molar refractivity (Wildman–Crippen MR) is 153 cm³/mol. The van der Waals surface area contributed by atoms with Crippen LogP contribution in [0.4, 0.5) is 0 Å². The summed E-state index contributed by atoms with van der Waals surface area (Å²) in [6, 6.07) is -4.52. The predicted octanol–water partition coefficient (Wildman–Crippen LogP) is -2.63. The molecule has 0 aromatic carbocycles. The Labute approximate surface area is 243 Å². The van der Waals surface area contributed by atoms with E-state index in [-0.39, 0.29) is 38.3 Å². The van der Waals surface area contributed by atoms with Crippen LogP contribution in [0.15, 0.2) is 5.22 Å². The highest BCUT2D eigenvalue weighted by molar-refractivity contribution is 5.95. The molecular formula is C23H45N13O6. The maximum atomic E-state index is 13.3. The maximum absolute atomic E-state index is 13.3. The number of carboxylic acid groups (broad SMARTS) is 1. The molecule has 0 aromatic rings. The molecule has 0 aliphatic rings. The normalized spacial score (nSPS) is 13.2. The van der Waals surface area contributed by atoms with Gasteiger partial charge < -0.3 is 48.9 Å². The molecule has 0 unspecified atom stereocenters. The zero-order valence-electron chi connectivity index (χ0n) is 23.9. The van der Waals surface area contributed by atoms with Crippen molar-refractivity contribution in [1.82, 2.24) is 32.0 Å². The Hall–Kier alpha value is -4.35. The van der Waals surface area contributed by atoms with Crippen molar-refractivity contribution in [3.8, 4) is 0 Å². The Bertz CT molecular complexity index is 944. The molecule has 14 N–H and O–H groups in total. The molecule has 0 saturated heterocycles. The quantitative estimate of drug-likeness (QED) is 0.0110. The highest BCUT2D eigenvalue weighted by Gasteiger charge is 2.30. The Morgan fingerprint density at radius 1 is 0.833 bits per heavy atom. The van der Waals surface area contributed by atoms with Gasteiger partial charge in [-0.3, -0.25) is 30.0 Å². The van der Waals surface area contributed by atoms with Crippen molar-refractivity contribution in [2.24, 2.45) is 22.4 Å². The number of nitrogens with zero attached hydrogens (tertiary/aromatic N) is 3. The molecule has 42 heavy (non-hydrogen) atoms.